The van der Waals surface area contributed by atoms with Gasteiger partial charge >= 0.3 is 10.1 Å². The van der Waals surface area contributed by atoms with E-state index >= 15 is 0 Å². The molecule has 0 fully saturated rings. The molecule has 0 radical (unpaired) electrons. The fourth-order valence-corrected chi connectivity index (χ4v) is 0. The van der Waals surface area contributed by atoms with Crippen LogP contribution in [0.1, 0.15) is 0 Å². The molecular weight excluding hydrogens is 137 g/mol. The summed E-state index contributed by atoms with van der Waals surface area (Å²) in [6.45, 7) is 0. The third-order valence-electron chi connectivity index (χ3n) is 0.111. The molecule has 0 spiro atoms. The summed E-state index contributed by atoms with van der Waals surface area (Å²) in [6, 6.07) is 0. The van der Waals surface area contributed by atoms with Gasteiger partial charge in [-0.3, -0.25) is 8.42 Å². The molecule has 0 rings (SSSR count). The van der Waals surface area contributed by atoms with Crippen molar-refractivity contribution in [1.82, 2.24) is 0 Å². The summed E-state index contributed by atoms with van der Waals surface area (Å²) in [5.74, 6) is 0. The molecule has 0 aromatic rings. The summed E-state index contributed by atoms with van der Waals surface area (Å²) in [4.78, 5) is 0. The molecule has 0 saturated heterocycles. The Balaban J connectivity index is 0. The van der Waals surface area contributed by atoms with Gasteiger partial charge in [0.2, 0.25) is 0 Å². The van der Waals surface area contributed by atoms with E-state index in [2.05, 4.69) is 0 Å². The minimum Gasteiger partial charge on any atom is -0.763 e. The van der Waals surface area contributed by atoms with Crippen LogP contribution in [0.5, 0.6) is 0 Å². The molecule has 0 N–H and O–H groups in total. The van der Waals surface area contributed by atoms with Gasteiger partial charge in [-0.15, -0.1) is 0 Å². The monoisotopic (exact) mass is 137 g/mol. The third kappa shape index (κ3) is 6.39. The normalized spacial score (nSPS) is 16.9. The summed E-state index contributed by atoms with van der Waals surface area (Å²) in [7, 11) is -5.90. The van der Waals surface area contributed by atoms with Crippen molar-refractivity contribution in [3.05, 3.63) is 0 Å². The molecule has 2 atom stereocenters. The van der Waals surface area contributed by atoms with Crippen molar-refractivity contribution in [3.63, 3.8) is 0 Å². The van der Waals surface area contributed by atoms with E-state index < -0.39 is 20.2 Å². The molecular formula is BeO4S2. The van der Waals surface area contributed by atoms with Crippen molar-refractivity contribution in [1.29, 1.82) is 0 Å². The van der Waals surface area contributed by atoms with E-state index in [-0.39, 0.29) is 10.1 Å². The quantitative estimate of drug-likeness (QED) is 0.244. The fourth-order valence-electron chi connectivity index (χ4n) is 0. The van der Waals surface area contributed by atoms with Crippen LogP contribution in [0.4, 0.5) is 0 Å². The summed E-state index contributed by atoms with van der Waals surface area (Å²) >= 11 is 0. The van der Waals surface area contributed by atoms with Gasteiger partial charge in [-0.2, -0.15) is 0 Å². The Morgan fingerprint density at radius 3 is 1.14 bits per heavy atom. The minimum atomic E-state index is -2.95. The second kappa shape index (κ2) is 4.55. The van der Waals surface area contributed by atoms with Gasteiger partial charge < -0.3 is 9.11 Å². The van der Waals surface area contributed by atoms with Crippen molar-refractivity contribution >= 4 is 30.3 Å². The van der Waals surface area contributed by atoms with Crippen LogP contribution in [-0.4, -0.2) is 27.6 Å². The standard InChI is InChI=1S/Be.H2O4S2/c;1-5(2)6(3)4/h;(H,1,2)(H,3,4)/q+2;/p-2. The van der Waals surface area contributed by atoms with E-state index in [1.165, 1.54) is 0 Å². The maximum Gasteiger partial charge on any atom is 2.00 e. The van der Waals surface area contributed by atoms with Crippen LogP contribution in [0.15, 0.2) is 0 Å². The molecule has 0 aromatic heterocycles. The zero-order valence-corrected chi connectivity index (χ0v) is 4.79. The van der Waals surface area contributed by atoms with Crippen LogP contribution >= 0.6 is 0 Å². The van der Waals surface area contributed by atoms with Gasteiger partial charge in [0.05, 0.1) is 0 Å². The first-order valence-corrected chi connectivity index (χ1v) is 3.50. The Hall–Kier alpha value is 0.389. The van der Waals surface area contributed by atoms with E-state index in [0.29, 0.717) is 0 Å². The van der Waals surface area contributed by atoms with Gasteiger partial charge in [-0.1, -0.05) is 0 Å². The van der Waals surface area contributed by atoms with Crippen LogP contribution < -0.4 is 0 Å². The van der Waals surface area contributed by atoms with Gasteiger partial charge in [-0.25, -0.2) is 0 Å². The molecule has 0 saturated carbocycles. The van der Waals surface area contributed by atoms with E-state index in [1.807, 2.05) is 0 Å². The minimum absolute atomic E-state index is 0. The summed E-state index contributed by atoms with van der Waals surface area (Å²) < 4.78 is 36.3. The predicted molar refractivity (Wildman–Crippen MR) is 23.6 cm³/mol. The summed E-state index contributed by atoms with van der Waals surface area (Å²) in [5.41, 5.74) is 0. The Kier molecular flexibility index (Phi) is 6.74. The second-order valence-electron chi connectivity index (χ2n) is 0.408. The van der Waals surface area contributed by atoms with Crippen LogP contribution in [0, 0.1) is 0 Å². The van der Waals surface area contributed by atoms with Crippen LogP contribution in [0.2, 0.25) is 0 Å². The van der Waals surface area contributed by atoms with Crippen molar-refractivity contribution in [2.24, 2.45) is 0 Å². The maximum absolute atomic E-state index is 9.09. The molecule has 0 aromatic carbocycles. The van der Waals surface area contributed by atoms with Gasteiger partial charge in [0.15, 0.2) is 0 Å². The Morgan fingerprint density at radius 2 is 1.14 bits per heavy atom. The summed E-state index contributed by atoms with van der Waals surface area (Å²) in [5, 5.41) is 0. The predicted octanol–water partition coefficient (Wildman–Crippen LogP) is -1.72. The topological polar surface area (TPSA) is 80.3 Å². The van der Waals surface area contributed by atoms with E-state index in [4.69, 9.17) is 17.5 Å². The Bertz CT molecular complexity index is 75.7. The molecule has 0 aliphatic rings. The SMILES string of the molecule is O=S([O-])S(=O)[O-].[Be+2]. The molecule has 2 unspecified atom stereocenters. The van der Waals surface area contributed by atoms with Crippen molar-refractivity contribution < 1.29 is 17.5 Å². The first-order valence-electron chi connectivity index (χ1n) is 0.833. The fraction of sp³-hybridized carbons (Fsp3) is 0. The zero-order chi connectivity index (χ0) is 5.15. The zero-order valence-electron chi connectivity index (χ0n) is 3.16. The van der Waals surface area contributed by atoms with Crippen molar-refractivity contribution in [3.8, 4) is 0 Å². The molecule has 7 heteroatoms. The average Bonchev–Trinajstić information content (AvgIpc) is 1.36. The average molecular weight is 137 g/mol. The number of rotatable bonds is 1. The van der Waals surface area contributed by atoms with Gasteiger partial charge in [-0.05, 0) is 0 Å². The molecule has 0 bridgehead atoms. The summed E-state index contributed by atoms with van der Waals surface area (Å²) in [6.07, 6.45) is 0. The molecule has 0 heterocycles. The smallest absolute Gasteiger partial charge is 0.763 e. The van der Waals surface area contributed by atoms with E-state index in [0.717, 1.165) is 0 Å². The largest absolute Gasteiger partial charge is 2.00 e. The Labute approximate surface area is 48.5 Å². The number of hydrogen-bond acceptors (Lipinski definition) is 4. The molecule has 38 valence electrons. The number of hydrogen-bond donors (Lipinski definition) is 0. The second-order valence-corrected chi connectivity index (χ2v) is 2.86. The molecule has 7 heavy (non-hydrogen) atoms. The van der Waals surface area contributed by atoms with Crippen LogP contribution in [-0.2, 0) is 20.2 Å². The Morgan fingerprint density at radius 1 is 1.00 bits per heavy atom. The van der Waals surface area contributed by atoms with Crippen LogP contribution in [0.3, 0.4) is 0 Å². The molecule has 0 aliphatic heterocycles. The molecule has 0 amide bonds. The van der Waals surface area contributed by atoms with E-state index in [9.17, 15) is 0 Å². The van der Waals surface area contributed by atoms with E-state index in [1.54, 1.807) is 0 Å². The third-order valence-corrected chi connectivity index (χ3v) is 1.00. The van der Waals surface area contributed by atoms with Crippen molar-refractivity contribution in [2.45, 2.75) is 0 Å². The van der Waals surface area contributed by atoms with Gasteiger partial charge in [0.25, 0.3) is 0 Å². The van der Waals surface area contributed by atoms with Gasteiger partial charge in [0.1, 0.15) is 0 Å². The molecule has 0 aliphatic carbocycles. The molecule has 4 nitrogen and oxygen atoms in total. The maximum atomic E-state index is 9.09. The first-order chi connectivity index (χ1) is 2.64. The van der Waals surface area contributed by atoms with Gasteiger partial charge in [0, 0.05) is 20.2 Å². The van der Waals surface area contributed by atoms with Crippen LogP contribution in [0.25, 0.3) is 0 Å². The first kappa shape index (κ1) is 10.4. The van der Waals surface area contributed by atoms with Crippen molar-refractivity contribution in [2.75, 3.05) is 0 Å².